The summed E-state index contributed by atoms with van der Waals surface area (Å²) in [5, 5.41) is 18.0. The van der Waals surface area contributed by atoms with Crippen LogP contribution in [-0.2, 0) is 6.54 Å². The minimum Gasteiger partial charge on any atom is -0.394 e. The summed E-state index contributed by atoms with van der Waals surface area (Å²) < 4.78 is 1.62. The number of nitrogens with zero attached hydrogens (tertiary/aromatic N) is 4. The van der Waals surface area contributed by atoms with Gasteiger partial charge in [0.05, 0.1) is 25.6 Å². The van der Waals surface area contributed by atoms with Gasteiger partial charge in [-0.2, -0.15) is 0 Å². The lowest BCUT2D eigenvalue weighted by atomic mass is 10.4. The van der Waals surface area contributed by atoms with Gasteiger partial charge in [0.15, 0.2) is 11.5 Å². The number of fused-ring (bicyclic) bond motifs is 1. The maximum atomic E-state index is 9.29. The highest BCUT2D eigenvalue weighted by molar-refractivity contribution is 5.81. The summed E-state index contributed by atoms with van der Waals surface area (Å²) in [5.41, 5.74) is 6.65. The molecule has 7 nitrogen and oxygen atoms in total. The molecule has 0 saturated heterocycles. The van der Waals surface area contributed by atoms with Crippen LogP contribution >= 0.6 is 0 Å². The van der Waals surface area contributed by atoms with Gasteiger partial charge in [-0.25, -0.2) is 15.0 Å². The minimum absolute atomic E-state index is 0.226. The SMILES string of the molecule is Nc1ncnc2c1ncn2C[C@@H](O)CO. The van der Waals surface area contributed by atoms with Gasteiger partial charge in [0, 0.05) is 0 Å². The molecule has 0 aliphatic heterocycles. The van der Waals surface area contributed by atoms with E-state index in [1.54, 1.807) is 4.57 Å². The zero-order valence-corrected chi connectivity index (χ0v) is 7.91. The van der Waals surface area contributed by atoms with Gasteiger partial charge in [0.1, 0.15) is 11.8 Å². The Morgan fingerprint density at radius 3 is 2.93 bits per heavy atom. The van der Waals surface area contributed by atoms with Crippen molar-refractivity contribution in [3.05, 3.63) is 12.7 Å². The van der Waals surface area contributed by atoms with E-state index in [1.807, 2.05) is 0 Å². The number of rotatable bonds is 3. The number of hydrogen-bond acceptors (Lipinski definition) is 6. The van der Waals surface area contributed by atoms with Crippen molar-refractivity contribution in [3.63, 3.8) is 0 Å². The number of imidazole rings is 1. The number of aliphatic hydroxyl groups excluding tert-OH is 2. The fraction of sp³-hybridized carbons (Fsp3) is 0.375. The van der Waals surface area contributed by atoms with Crippen molar-refractivity contribution in [2.45, 2.75) is 12.6 Å². The molecular weight excluding hydrogens is 198 g/mol. The van der Waals surface area contributed by atoms with E-state index in [2.05, 4.69) is 15.0 Å². The Hall–Kier alpha value is -1.73. The van der Waals surface area contributed by atoms with Crippen molar-refractivity contribution in [1.29, 1.82) is 0 Å². The summed E-state index contributed by atoms with van der Waals surface area (Å²) in [6.45, 7) is -0.0797. The van der Waals surface area contributed by atoms with Crippen molar-refractivity contribution in [3.8, 4) is 0 Å². The molecule has 0 aliphatic carbocycles. The van der Waals surface area contributed by atoms with Gasteiger partial charge in [-0.3, -0.25) is 0 Å². The van der Waals surface area contributed by atoms with Crippen LogP contribution in [0.2, 0.25) is 0 Å². The molecule has 0 bridgehead atoms. The summed E-state index contributed by atoms with van der Waals surface area (Å²) in [5.74, 6) is 0.303. The van der Waals surface area contributed by atoms with E-state index in [1.165, 1.54) is 12.7 Å². The van der Waals surface area contributed by atoms with Crippen LogP contribution in [0, 0.1) is 0 Å². The van der Waals surface area contributed by atoms with Gasteiger partial charge in [-0.05, 0) is 0 Å². The monoisotopic (exact) mass is 209 g/mol. The highest BCUT2D eigenvalue weighted by atomic mass is 16.3. The van der Waals surface area contributed by atoms with E-state index in [9.17, 15) is 5.11 Å². The molecule has 2 heterocycles. The summed E-state index contributed by atoms with van der Waals surface area (Å²) in [6, 6.07) is 0. The van der Waals surface area contributed by atoms with Crippen LogP contribution in [0.15, 0.2) is 12.7 Å². The number of nitrogens with two attached hydrogens (primary N) is 1. The summed E-state index contributed by atoms with van der Waals surface area (Å²) in [7, 11) is 0. The average Bonchev–Trinajstić information content (AvgIpc) is 2.63. The average molecular weight is 209 g/mol. The fourth-order valence-electron chi connectivity index (χ4n) is 1.32. The van der Waals surface area contributed by atoms with Crippen molar-refractivity contribution in [1.82, 2.24) is 19.5 Å². The summed E-state index contributed by atoms with van der Waals surface area (Å²) in [6.07, 6.45) is 2.01. The van der Waals surface area contributed by atoms with E-state index in [0.717, 1.165) is 0 Å². The smallest absolute Gasteiger partial charge is 0.165 e. The van der Waals surface area contributed by atoms with Crippen molar-refractivity contribution in [2.24, 2.45) is 0 Å². The van der Waals surface area contributed by atoms with Crippen molar-refractivity contribution < 1.29 is 10.2 Å². The third kappa shape index (κ3) is 1.74. The minimum atomic E-state index is -0.835. The molecule has 0 spiro atoms. The van der Waals surface area contributed by atoms with Crippen LogP contribution < -0.4 is 5.73 Å². The van der Waals surface area contributed by atoms with E-state index in [0.29, 0.717) is 17.0 Å². The highest BCUT2D eigenvalue weighted by Gasteiger charge is 2.10. The number of aromatic nitrogens is 4. The molecule has 4 N–H and O–H groups in total. The second-order valence-corrected chi connectivity index (χ2v) is 3.16. The van der Waals surface area contributed by atoms with Crippen LogP contribution in [0.25, 0.3) is 11.2 Å². The maximum Gasteiger partial charge on any atom is 0.165 e. The lowest BCUT2D eigenvalue weighted by molar-refractivity contribution is 0.0820. The summed E-state index contributed by atoms with van der Waals surface area (Å²) >= 11 is 0. The number of anilines is 1. The molecule has 15 heavy (non-hydrogen) atoms. The predicted octanol–water partition coefficient (Wildman–Crippen LogP) is -1.24. The van der Waals surface area contributed by atoms with E-state index < -0.39 is 6.10 Å². The van der Waals surface area contributed by atoms with Crippen LogP contribution in [0.4, 0.5) is 5.82 Å². The van der Waals surface area contributed by atoms with Gasteiger partial charge in [-0.1, -0.05) is 0 Å². The molecule has 0 aromatic carbocycles. The first-order valence-corrected chi connectivity index (χ1v) is 4.42. The third-order valence-corrected chi connectivity index (χ3v) is 2.05. The number of aliphatic hydroxyl groups is 2. The Labute approximate surface area is 85.2 Å². The van der Waals surface area contributed by atoms with Crippen LogP contribution in [-0.4, -0.2) is 42.4 Å². The van der Waals surface area contributed by atoms with Gasteiger partial charge in [0.25, 0.3) is 0 Å². The van der Waals surface area contributed by atoms with Crippen LogP contribution in [0.3, 0.4) is 0 Å². The molecule has 2 aromatic rings. The van der Waals surface area contributed by atoms with E-state index >= 15 is 0 Å². The first-order chi connectivity index (χ1) is 7.22. The summed E-state index contributed by atoms with van der Waals surface area (Å²) in [4.78, 5) is 11.8. The van der Waals surface area contributed by atoms with Crippen LogP contribution in [0.5, 0.6) is 0 Å². The molecule has 0 saturated carbocycles. The molecule has 0 amide bonds. The highest BCUT2D eigenvalue weighted by Crippen LogP contribution is 2.14. The molecule has 2 aromatic heterocycles. The lowest BCUT2D eigenvalue weighted by Gasteiger charge is -2.07. The topological polar surface area (TPSA) is 110 Å². The quantitative estimate of drug-likeness (QED) is 0.583. The molecule has 1 atom stereocenters. The Balaban J connectivity index is 2.41. The second kappa shape index (κ2) is 3.79. The Kier molecular flexibility index (Phi) is 2.48. The predicted molar refractivity (Wildman–Crippen MR) is 52.8 cm³/mol. The largest absolute Gasteiger partial charge is 0.394 e. The lowest BCUT2D eigenvalue weighted by Crippen LogP contribution is -2.19. The Bertz CT molecular complexity index is 469. The number of nitrogen functional groups attached to an aromatic ring is 1. The zero-order chi connectivity index (χ0) is 10.8. The molecule has 0 radical (unpaired) electrons. The molecule has 7 heteroatoms. The van der Waals surface area contributed by atoms with Crippen LogP contribution in [0.1, 0.15) is 0 Å². The molecule has 2 rings (SSSR count). The first-order valence-electron chi connectivity index (χ1n) is 4.42. The maximum absolute atomic E-state index is 9.29. The standard InChI is InChI=1S/C8H11N5O2/c9-7-6-8(11-3-10-7)13(4-12-6)1-5(15)2-14/h3-5,14-15H,1-2H2,(H2,9,10,11)/t5-/m1/s1. The number of hydrogen-bond donors (Lipinski definition) is 3. The normalized spacial score (nSPS) is 13.2. The van der Waals surface area contributed by atoms with Crippen molar-refractivity contribution in [2.75, 3.05) is 12.3 Å². The Morgan fingerprint density at radius 2 is 2.20 bits per heavy atom. The molecule has 0 unspecified atom stereocenters. The second-order valence-electron chi connectivity index (χ2n) is 3.16. The van der Waals surface area contributed by atoms with Gasteiger partial charge in [0.2, 0.25) is 0 Å². The molecule has 80 valence electrons. The van der Waals surface area contributed by atoms with Gasteiger partial charge in [-0.15, -0.1) is 0 Å². The first kappa shape index (κ1) is 9.81. The zero-order valence-electron chi connectivity index (χ0n) is 7.91. The van der Waals surface area contributed by atoms with Gasteiger partial charge < -0.3 is 20.5 Å². The Morgan fingerprint density at radius 1 is 1.40 bits per heavy atom. The van der Waals surface area contributed by atoms with Gasteiger partial charge >= 0.3 is 0 Å². The van der Waals surface area contributed by atoms with Crippen molar-refractivity contribution >= 4 is 17.0 Å². The molecule has 0 aliphatic rings. The molecule has 0 fully saturated rings. The third-order valence-electron chi connectivity index (χ3n) is 2.05. The molecular formula is C8H11N5O2. The van der Waals surface area contributed by atoms with E-state index in [4.69, 9.17) is 10.8 Å². The fourth-order valence-corrected chi connectivity index (χ4v) is 1.32. The van der Waals surface area contributed by atoms with E-state index in [-0.39, 0.29) is 13.2 Å².